The van der Waals surface area contributed by atoms with E-state index in [0.29, 0.717) is 12.6 Å². The molecule has 0 amide bonds. The van der Waals surface area contributed by atoms with Crippen LogP contribution in [-0.2, 0) is 16.0 Å². The number of aromatic nitrogens is 1. The molecule has 4 rings (SSSR count). The van der Waals surface area contributed by atoms with E-state index in [-0.39, 0.29) is 12.4 Å². The standard InChI is InChI=1S/C15H20N2O2S/c1-2-19-11(18)6-10-7-20-15(16-10)17-14-12-8-3-4-9(5-8)13(12)14/h7-9,12-14H,2-6H2,1H3,(H,16,17). The second-order valence-corrected chi connectivity index (χ2v) is 7.14. The molecule has 1 aromatic rings. The summed E-state index contributed by atoms with van der Waals surface area (Å²) in [5.74, 6) is 3.57. The van der Waals surface area contributed by atoms with Crippen molar-refractivity contribution in [2.24, 2.45) is 23.7 Å². The first-order valence-corrected chi connectivity index (χ1v) is 8.50. The lowest BCUT2D eigenvalue weighted by Gasteiger charge is -2.09. The molecule has 2 bridgehead atoms. The second kappa shape index (κ2) is 4.72. The van der Waals surface area contributed by atoms with Crippen molar-refractivity contribution in [1.29, 1.82) is 0 Å². The van der Waals surface area contributed by atoms with Gasteiger partial charge in [0.1, 0.15) is 0 Å². The summed E-state index contributed by atoms with van der Waals surface area (Å²) in [7, 11) is 0. The number of carbonyl (C=O) groups excluding carboxylic acids is 1. The molecule has 1 N–H and O–H groups in total. The quantitative estimate of drug-likeness (QED) is 0.848. The number of anilines is 1. The van der Waals surface area contributed by atoms with E-state index in [2.05, 4.69) is 10.3 Å². The lowest BCUT2D eigenvalue weighted by molar-refractivity contribution is -0.142. The Labute approximate surface area is 122 Å². The monoisotopic (exact) mass is 292 g/mol. The zero-order valence-corrected chi connectivity index (χ0v) is 12.5. The van der Waals surface area contributed by atoms with Crippen LogP contribution in [0.5, 0.6) is 0 Å². The minimum absolute atomic E-state index is 0.189. The van der Waals surface area contributed by atoms with E-state index in [9.17, 15) is 4.79 Å². The van der Waals surface area contributed by atoms with E-state index in [1.54, 1.807) is 11.3 Å². The number of hydrogen-bond acceptors (Lipinski definition) is 5. The predicted molar refractivity (Wildman–Crippen MR) is 77.7 cm³/mol. The molecule has 4 nitrogen and oxygen atoms in total. The van der Waals surface area contributed by atoms with Crippen LogP contribution in [0.2, 0.25) is 0 Å². The minimum Gasteiger partial charge on any atom is -0.466 e. The molecule has 0 spiro atoms. The fourth-order valence-corrected chi connectivity index (χ4v) is 5.23. The summed E-state index contributed by atoms with van der Waals surface area (Å²) in [5, 5.41) is 6.54. The van der Waals surface area contributed by atoms with Crippen molar-refractivity contribution in [2.45, 2.75) is 38.6 Å². The summed E-state index contributed by atoms with van der Waals surface area (Å²) in [6.07, 6.45) is 4.64. The van der Waals surface area contributed by atoms with Gasteiger partial charge in [-0.1, -0.05) is 0 Å². The average Bonchev–Trinajstić information content (AvgIpc) is 2.82. The summed E-state index contributed by atoms with van der Waals surface area (Å²) < 4.78 is 4.95. The molecule has 5 heteroatoms. The third kappa shape index (κ3) is 2.03. The Morgan fingerprint density at radius 2 is 2.20 bits per heavy atom. The van der Waals surface area contributed by atoms with Crippen LogP contribution < -0.4 is 5.32 Å². The molecule has 0 aliphatic heterocycles. The van der Waals surface area contributed by atoms with Crippen LogP contribution in [0.15, 0.2) is 5.38 Å². The predicted octanol–water partition coefficient (Wildman–Crippen LogP) is 2.71. The average molecular weight is 292 g/mol. The molecular weight excluding hydrogens is 272 g/mol. The molecule has 108 valence electrons. The Hall–Kier alpha value is -1.10. The molecule has 4 atom stereocenters. The summed E-state index contributed by atoms with van der Waals surface area (Å²) in [4.78, 5) is 15.9. The first-order valence-electron chi connectivity index (χ1n) is 7.63. The van der Waals surface area contributed by atoms with Gasteiger partial charge in [-0.3, -0.25) is 4.79 Å². The maximum absolute atomic E-state index is 11.4. The van der Waals surface area contributed by atoms with Crippen molar-refractivity contribution in [3.63, 3.8) is 0 Å². The second-order valence-electron chi connectivity index (χ2n) is 6.28. The maximum Gasteiger partial charge on any atom is 0.311 e. The largest absolute Gasteiger partial charge is 0.466 e. The number of carbonyl (C=O) groups is 1. The number of hydrogen-bond donors (Lipinski definition) is 1. The maximum atomic E-state index is 11.4. The molecule has 0 radical (unpaired) electrons. The highest BCUT2D eigenvalue weighted by atomic mass is 32.1. The number of fused-ring (bicyclic) bond motifs is 5. The van der Waals surface area contributed by atoms with Gasteiger partial charge in [-0.25, -0.2) is 4.98 Å². The number of thiazole rings is 1. The fraction of sp³-hybridized carbons (Fsp3) is 0.733. The lowest BCUT2D eigenvalue weighted by atomic mass is 10.0. The summed E-state index contributed by atoms with van der Waals surface area (Å²) in [5.41, 5.74) is 0.824. The van der Waals surface area contributed by atoms with Crippen LogP contribution in [0, 0.1) is 23.7 Å². The molecule has 20 heavy (non-hydrogen) atoms. The molecule has 1 heterocycles. The van der Waals surface area contributed by atoms with Crippen molar-refractivity contribution in [2.75, 3.05) is 11.9 Å². The molecular formula is C15H20N2O2S. The first-order chi connectivity index (χ1) is 9.76. The summed E-state index contributed by atoms with van der Waals surface area (Å²) >= 11 is 1.61. The fourth-order valence-electron chi connectivity index (χ4n) is 4.48. The van der Waals surface area contributed by atoms with Gasteiger partial charge in [-0.15, -0.1) is 11.3 Å². The van der Waals surface area contributed by atoms with Gasteiger partial charge in [0.05, 0.1) is 18.7 Å². The van der Waals surface area contributed by atoms with Gasteiger partial charge in [0, 0.05) is 11.4 Å². The van der Waals surface area contributed by atoms with Gasteiger partial charge < -0.3 is 10.1 Å². The van der Waals surface area contributed by atoms with Crippen LogP contribution in [-0.4, -0.2) is 23.6 Å². The van der Waals surface area contributed by atoms with E-state index in [0.717, 1.165) is 34.5 Å². The van der Waals surface area contributed by atoms with E-state index < -0.39 is 0 Å². The van der Waals surface area contributed by atoms with Crippen LogP contribution in [0.4, 0.5) is 5.13 Å². The van der Waals surface area contributed by atoms with Gasteiger partial charge in [-0.05, 0) is 49.9 Å². The van der Waals surface area contributed by atoms with Crippen LogP contribution in [0.25, 0.3) is 0 Å². The van der Waals surface area contributed by atoms with Gasteiger partial charge in [-0.2, -0.15) is 0 Å². The minimum atomic E-state index is -0.189. The Bertz CT molecular complexity index is 514. The molecule has 4 unspecified atom stereocenters. The third-order valence-corrected chi connectivity index (χ3v) is 6.03. The smallest absolute Gasteiger partial charge is 0.311 e. The number of rotatable bonds is 5. The van der Waals surface area contributed by atoms with E-state index in [4.69, 9.17) is 4.74 Å². The van der Waals surface area contributed by atoms with Crippen molar-refractivity contribution in [1.82, 2.24) is 4.98 Å². The first kappa shape index (κ1) is 12.6. The topological polar surface area (TPSA) is 51.2 Å². The zero-order valence-electron chi connectivity index (χ0n) is 11.7. The van der Waals surface area contributed by atoms with Crippen molar-refractivity contribution < 1.29 is 9.53 Å². The molecule has 0 aromatic carbocycles. The zero-order chi connectivity index (χ0) is 13.7. The van der Waals surface area contributed by atoms with Crippen LogP contribution in [0.1, 0.15) is 31.9 Å². The highest BCUT2D eigenvalue weighted by Crippen LogP contribution is 2.66. The Morgan fingerprint density at radius 1 is 1.45 bits per heavy atom. The molecule has 0 saturated heterocycles. The van der Waals surface area contributed by atoms with Crippen LogP contribution >= 0.6 is 11.3 Å². The Kier molecular flexibility index (Phi) is 2.98. The molecule has 3 aliphatic rings. The van der Waals surface area contributed by atoms with E-state index >= 15 is 0 Å². The number of ether oxygens (including phenoxy) is 1. The highest BCUT2D eigenvalue weighted by Gasteiger charge is 2.65. The Morgan fingerprint density at radius 3 is 2.90 bits per heavy atom. The number of esters is 1. The van der Waals surface area contributed by atoms with E-state index in [1.165, 1.54) is 19.3 Å². The molecule has 3 fully saturated rings. The summed E-state index contributed by atoms with van der Waals surface area (Å²) in [6, 6.07) is 0.655. The van der Waals surface area contributed by atoms with Crippen molar-refractivity contribution in [3.05, 3.63) is 11.1 Å². The van der Waals surface area contributed by atoms with Gasteiger partial charge >= 0.3 is 5.97 Å². The number of nitrogens with one attached hydrogen (secondary N) is 1. The van der Waals surface area contributed by atoms with E-state index in [1.807, 2.05) is 12.3 Å². The van der Waals surface area contributed by atoms with Crippen LogP contribution in [0.3, 0.4) is 0 Å². The lowest BCUT2D eigenvalue weighted by Crippen LogP contribution is -2.13. The SMILES string of the molecule is CCOC(=O)Cc1csc(NC2C3C4CCC(C4)C23)n1. The molecule has 3 aliphatic carbocycles. The third-order valence-electron chi connectivity index (χ3n) is 5.21. The Balaban J connectivity index is 1.35. The highest BCUT2D eigenvalue weighted by molar-refractivity contribution is 7.13. The number of nitrogens with zero attached hydrogens (tertiary/aromatic N) is 1. The van der Waals surface area contributed by atoms with Gasteiger partial charge in [0.2, 0.25) is 0 Å². The van der Waals surface area contributed by atoms with Crippen molar-refractivity contribution >= 4 is 22.4 Å². The summed E-state index contributed by atoms with van der Waals surface area (Å²) in [6.45, 7) is 2.26. The van der Waals surface area contributed by atoms with Gasteiger partial charge in [0.15, 0.2) is 5.13 Å². The normalized spacial score (nSPS) is 36.8. The molecule has 3 saturated carbocycles. The van der Waals surface area contributed by atoms with Gasteiger partial charge in [0.25, 0.3) is 0 Å². The van der Waals surface area contributed by atoms with Crippen molar-refractivity contribution in [3.8, 4) is 0 Å². The molecule has 1 aromatic heterocycles.